The monoisotopic (exact) mass is 333 g/mol. The Morgan fingerprint density at radius 1 is 1.81 bits per heavy atom. The van der Waals surface area contributed by atoms with E-state index in [9.17, 15) is 9.59 Å². The van der Waals surface area contributed by atoms with E-state index < -0.39 is 6.04 Å². The predicted molar refractivity (Wildman–Crippen MR) is 69.1 cm³/mol. The lowest BCUT2D eigenvalue weighted by Gasteiger charge is -2.12. The lowest BCUT2D eigenvalue weighted by Crippen LogP contribution is -2.36. The lowest BCUT2D eigenvalue weighted by atomic mass is 10.3. The Labute approximate surface area is 107 Å². The van der Waals surface area contributed by atoms with Crippen LogP contribution >= 0.6 is 22.6 Å². The molecule has 1 heterocycles. The highest BCUT2D eigenvalue weighted by Crippen LogP contribution is 2.02. The molecule has 0 fully saturated rings. The Morgan fingerprint density at radius 3 is 3.06 bits per heavy atom. The van der Waals surface area contributed by atoms with E-state index in [1.807, 2.05) is 22.6 Å². The van der Waals surface area contributed by atoms with Gasteiger partial charge in [0.15, 0.2) is 0 Å². The summed E-state index contributed by atoms with van der Waals surface area (Å²) in [5.41, 5.74) is -0.284. The molecule has 1 unspecified atom stereocenters. The number of hydrogen-bond acceptors (Lipinski definition) is 3. The van der Waals surface area contributed by atoms with E-state index >= 15 is 0 Å². The van der Waals surface area contributed by atoms with Crippen molar-refractivity contribution in [3.05, 3.63) is 38.8 Å². The van der Waals surface area contributed by atoms with E-state index in [0.717, 1.165) is 8.25 Å². The van der Waals surface area contributed by atoms with Gasteiger partial charge in [0.1, 0.15) is 6.04 Å². The molecular formula is C10H12IN3O2. The van der Waals surface area contributed by atoms with Crippen LogP contribution in [0.4, 0.5) is 0 Å². The smallest absolute Gasteiger partial charge is 0.268 e. The normalized spacial score (nSPS) is 11.9. The fourth-order valence-corrected chi connectivity index (χ4v) is 1.51. The summed E-state index contributed by atoms with van der Waals surface area (Å²) in [5, 5.41) is 6.53. The van der Waals surface area contributed by atoms with Crippen molar-refractivity contribution in [3.63, 3.8) is 0 Å². The van der Waals surface area contributed by atoms with Crippen LogP contribution in [0.5, 0.6) is 0 Å². The first-order valence-electron chi connectivity index (χ1n) is 4.69. The first-order chi connectivity index (χ1) is 7.56. The zero-order chi connectivity index (χ0) is 12.1. The summed E-state index contributed by atoms with van der Waals surface area (Å²) in [6.45, 7) is 5.50. The third kappa shape index (κ3) is 3.16. The maximum absolute atomic E-state index is 11.6. The summed E-state index contributed by atoms with van der Waals surface area (Å²) in [4.78, 5) is 23.1. The molecule has 6 heteroatoms. The molecule has 0 aliphatic carbocycles. The van der Waals surface area contributed by atoms with Crippen LogP contribution in [-0.4, -0.2) is 22.2 Å². The molecule has 1 aromatic rings. The second-order valence-corrected chi connectivity index (χ2v) is 4.41. The van der Waals surface area contributed by atoms with Crippen molar-refractivity contribution in [2.24, 2.45) is 0 Å². The molecule has 0 aliphatic rings. The van der Waals surface area contributed by atoms with Crippen LogP contribution in [0.3, 0.4) is 0 Å². The Balaban J connectivity index is 2.87. The number of carbonyl (C=O) groups is 1. The van der Waals surface area contributed by atoms with Crippen molar-refractivity contribution >= 4 is 28.5 Å². The van der Waals surface area contributed by atoms with Crippen LogP contribution in [0, 0.1) is 3.57 Å². The molecule has 86 valence electrons. The molecule has 1 atom stereocenters. The van der Waals surface area contributed by atoms with Gasteiger partial charge in [-0.05, 0) is 29.5 Å². The minimum absolute atomic E-state index is 0.254. The Morgan fingerprint density at radius 2 is 2.50 bits per heavy atom. The quantitative estimate of drug-likeness (QED) is 0.652. The highest BCUT2D eigenvalue weighted by Gasteiger charge is 2.16. The van der Waals surface area contributed by atoms with E-state index in [0.29, 0.717) is 6.54 Å². The first kappa shape index (κ1) is 12.9. The van der Waals surface area contributed by atoms with E-state index in [1.54, 1.807) is 19.2 Å². The van der Waals surface area contributed by atoms with Gasteiger partial charge in [-0.3, -0.25) is 9.59 Å². The van der Waals surface area contributed by atoms with Gasteiger partial charge in [-0.1, -0.05) is 6.08 Å². The summed E-state index contributed by atoms with van der Waals surface area (Å²) >= 11 is 2.00. The molecule has 16 heavy (non-hydrogen) atoms. The Kier molecular flexibility index (Phi) is 4.66. The maximum Gasteiger partial charge on any atom is 0.268 e. The lowest BCUT2D eigenvalue weighted by molar-refractivity contribution is -0.124. The van der Waals surface area contributed by atoms with Crippen molar-refractivity contribution in [1.29, 1.82) is 0 Å². The van der Waals surface area contributed by atoms with Crippen LogP contribution in [0.25, 0.3) is 0 Å². The van der Waals surface area contributed by atoms with Gasteiger partial charge >= 0.3 is 0 Å². The van der Waals surface area contributed by atoms with Gasteiger partial charge in [-0.2, -0.15) is 5.10 Å². The molecule has 1 aromatic heterocycles. The van der Waals surface area contributed by atoms with Gasteiger partial charge < -0.3 is 5.32 Å². The molecule has 0 spiro atoms. The first-order valence-corrected chi connectivity index (χ1v) is 5.77. The second kappa shape index (κ2) is 5.78. The summed E-state index contributed by atoms with van der Waals surface area (Å²) in [5.74, 6) is -0.254. The van der Waals surface area contributed by atoms with Crippen molar-refractivity contribution in [2.75, 3.05) is 6.54 Å². The Bertz CT molecular complexity index is 456. The molecule has 0 saturated carbocycles. The van der Waals surface area contributed by atoms with Gasteiger partial charge in [0.05, 0.1) is 6.20 Å². The molecule has 0 aliphatic heterocycles. The number of aromatic nitrogens is 2. The van der Waals surface area contributed by atoms with Crippen molar-refractivity contribution < 1.29 is 4.79 Å². The number of nitrogens with zero attached hydrogens (tertiary/aromatic N) is 2. The number of rotatable bonds is 4. The van der Waals surface area contributed by atoms with Gasteiger partial charge in [0, 0.05) is 16.2 Å². The summed E-state index contributed by atoms with van der Waals surface area (Å²) in [6, 6.07) is 0.814. The summed E-state index contributed by atoms with van der Waals surface area (Å²) in [7, 11) is 0. The number of halogens is 1. The van der Waals surface area contributed by atoms with Gasteiger partial charge in [-0.25, -0.2) is 4.68 Å². The molecule has 1 rings (SSSR count). The zero-order valence-electron chi connectivity index (χ0n) is 8.81. The van der Waals surface area contributed by atoms with E-state index in [4.69, 9.17) is 0 Å². The molecule has 0 saturated heterocycles. The second-order valence-electron chi connectivity index (χ2n) is 3.17. The third-order valence-corrected chi connectivity index (χ3v) is 2.55. The summed E-state index contributed by atoms with van der Waals surface area (Å²) < 4.78 is 1.90. The van der Waals surface area contributed by atoms with Gasteiger partial charge in [0.2, 0.25) is 5.91 Å². The average Bonchev–Trinajstić information content (AvgIpc) is 2.25. The molecule has 1 N–H and O–H groups in total. The van der Waals surface area contributed by atoms with E-state index in [2.05, 4.69) is 17.0 Å². The topological polar surface area (TPSA) is 64.0 Å². The highest BCUT2D eigenvalue weighted by atomic mass is 127. The van der Waals surface area contributed by atoms with Crippen LogP contribution < -0.4 is 10.9 Å². The van der Waals surface area contributed by atoms with Crippen LogP contribution in [0.15, 0.2) is 29.7 Å². The number of carbonyl (C=O) groups excluding carboxylic acids is 1. The summed E-state index contributed by atoms with van der Waals surface area (Å²) in [6.07, 6.45) is 3.12. The van der Waals surface area contributed by atoms with Gasteiger partial charge in [0.25, 0.3) is 5.56 Å². The minimum Gasteiger partial charge on any atom is -0.351 e. The van der Waals surface area contributed by atoms with Crippen molar-refractivity contribution in [3.8, 4) is 0 Å². The molecule has 5 nitrogen and oxygen atoms in total. The number of hydrogen-bond donors (Lipinski definition) is 1. The molecule has 0 bridgehead atoms. The predicted octanol–water partition coefficient (Wildman–Crippen LogP) is 0.711. The fraction of sp³-hybridized carbons (Fsp3) is 0.300. The largest absolute Gasteiger partial charge is 0.351 e. The highest BCUT2D eigenvalue weighted by molar-refractivity contribution is 14.1. The SMILES string of the molecule is C=CCNC(=O)C(C)n1ncc(I)cc1=O. The van der Waals surface area contributed by atoms with Crippen molar-refractivity contribution in [1.82, 2.24) is 15.1 Å². The standard InChI is InChI=1S/C10H12IN3O2/c1-3-4-12-10(16)7(2)14-9(15)5-8(11)6-13-14/h3,5-7H,1,4H2,2H3,(H,12,16). The molecule has 0 radical (unpaired) electrons. The fourth-order valence-electron chi connectivity index (χ4n) is 1.12. The van der Waals surface area contributed by atoms with Crippen LogP contribution in [0.1, 0.15) is 13.0 Å². The van der Waals surface area contributed by atoms with E-state index in [1.165, 1.54) is 6.07 Å². The van der Waals surface area contributed by atoms with E-state index in [-0.39, 0.29) is 11.5 Å². The third-order valence-electron chi connectivity index (χ3n) is 1.96. The van der Waals surface area contributed by atoms with Crippen LogP contribution in [-0.2, 0) is 4.79 Å². The molecule has 1 amide bonds. The van der Waals surface area contributed by atoms with Gasteiger partial charge in [-0.15, -0.1) is 6.58 Å². The average molecular weight is 333 g/mol. The molecular weight excluding hydrogens is 321 g/mol. The van der Waals surface area contributed by atoms with Crippen molar-refractivity contribution in [2.45, 2.75) is 13.0 Å². The maximum atomic E-state index is 11.6. The Hall–Kier alpha value is -1.18. The zero-order valence-corrected chi connectivity index (χ0v) is 11.0. The minimum atomic E-state index is -0.621. The molecule has 0 aromatic carbocycles. The van der Waals surface area contributed by atoms with Crippen LogP contribution in [0.2, 0.25) is 0 Å². The number of amides is 1. The number of nitrogens with one attached hydrogen (secondary N) is 1.